The number of hydrogen-bond donors (Lipinski definition) is 0. The van der Waals surface area contributed by atoms with Gasteiger partial charge in [0, 0.05) is 0 Å². The Kier molecular flexibility index (Phi) is 4.34. The van der Waals surface area contributed by atoms with Crippen molar-refractivity contribution < 1.29 is 4.74 Å². The van der Waals surface area contributed by atoms with Crippen LogP contribution in [-0.4, -0.2) is 13.8 Å². The lowest BCUT2D eigenvalue weighted by molar-refractivity contribution is 0.292. The van der Waals surface area contributed by atoms with Crippen LogP contribution < -0.4 is 0 Å². The first-order valence-electron chi connectivity index (χ1n) is 3.95. The Morgan fingerprint density at radius 1 is 1.42 bits per heavy atom. The smallest absolute Gasteiger partial charge is 0.142 e. The molecule has 0 bridgehead atoms. The van der Waals surface area contributed by atoms with Crippen molar-refractivity contribution in [3.05, 3.63) is 23.6 Å². The summed E-state index contributed by atoms with van der Waals surface area (Å²) < 4.78 is 5.17. The number of methoxy groups -OCH3 is 1. The van der Waals surface area contributed by atoms with Crippen molar-refractivity contribution in [1.29, 1.82) is 0 Å². The average Bonchev–Trinajstić information content (AvgIpc) is 1.98. The van der Waals surface area contributed by atoms with Crippen LogP contribution in [0, 0.1) is 5.92 Å². The van der Waals surface area contributed by atoms with Crippen molar-refractivity contribution in [1.82, 2.24) is 0 Å². The third kappa shape index (κ3) is 2.53. The van der Waals surface area contributed by atoms with E-state index < -0.39 is 0 Å². The monoisotopic (exact) mass is 167 g/mol. The molecule has 12 heavy (non-hydrogen) atoms. The summed E-state index contributed by atoms with van der Waals surface area (Å²) in [7, 11) is 1.62. The number of ether oxygens (including phenoxy) is 1. The second kappa shape index (κ2) is 4.75. The van der Waals surface area contributed by atoms with Crippen molar-refractivity contribution in [2.45, 2.75) is 20.8 Å². The number of rotatable bonds is 4. The highest BCUT2D eigenvalue weighted by atomic mass is 16.5. The Balaban J connectivity index is 5.01. The van der Waals surface area contributed by atoms with Crippen molar-refractivity contribution in [2.75, 3.05) is 7.11 Å². The maximum atomic E-state index is 5.17. The standard InChI is InChI=1S/C10H17NO/c1-7(2)9(11-5)10(12-6)8(3)4/h7H,3,5H2,1-2,4,6H3/b10-9+. The molecule has 0 heterocycles. The van der Waals surface area contributed by atoms with Gasteiger partial charge in [0.25, 0.3) is 0 Å². The van der Waals surface area contributed by atoms with Crippen molar-refractivity contribution in [3.63, 3.8) is 0 Å². The van der Waals surface area contributed by atoms with E-state index in [2.05, 4.69) is 18.3 Å². The molecule has 0 N–H and O–H groups in total. The Hall–Kier alpha value is -1.05. The van der Waals surface area contributed by atoms with Crippen LogP contribution in [0.3, 0.4) is 0 Å². The summed E-state index contributed by atoms with van der Waals surface area (Å²) >= 11 is 0. The second-order valence-corrected chi connectivity index (χ2v) is 3.01. The largest absolute Gasteiger partial charge is 0.495 e. The summed E-state index contributed by atoms with van der Waals surface area (Å²) in [6.07, 6.45) is 0. The molecule has 0 aromatic carbocycles. The van der Waals surface area contributed by atoms with Gasteiger partial charge in [0.15, 0.2) is 0 Å². The van der Waals surface area contributed by atoms with Crippen LogP contribution >= 0.6 is 0 Å². The quantitative estimate of drug-likeness (QED) is 0.358. The van der Waals surface area contributed by atoms with Gasteiger partial charge in [0.2, 0.25) is 0 Å². The number of nitrogens with zero attached hydrogens (tertiary/aromatic N) is 1. The maximum Gasteiger partial charge on any atom is 0.142 e. The summed E-state index contributed by atoms with van der Waals surface area (Å²) in [5, 5.41) is 0. The van der Waals surface area contributed by atoms with E-state index in [1.54, 1.807) is 7.11 Å². The van der Waals surface area contributed by atoms with Gasteiger partial charge in [0.1, 0.15) is 5.76 Å². The lowest BCUT2D eigenvalue weighted by atomic mass is 10.1. The Morgan fingerprint density at radius 2 is 1.92 bits per heavy atom. The van der Waals surface area contributed by atoms with Crippen LogP contribution in [0.25, 0.3) is 0 Å². The minimum absolute atomic E-state index is 0.314. The zero-order valence-electron chi connectivity index (χ0n) is 8.35. The molecule has 0 amide bonds. The van der Waals surface area contributed by atoms with Gasteiger partial charge < -0.3 is 4.74 Å². The normalized spacial score (nSPS) is 12.4. The Bertz CT molecular complexity index is 214. The summed E-state index contributed by atoms with van der Waals surface area (Å²) in [6.45, 7) is 13.3. The highest BCUT2D eigenvalue weighted by molar-refractivity contribution is 5.35. The zero-order valence-corrected chi connectivity index (χ0v) is 8.35. The molecule has 0 aromatic rings. The summed E-state index contributed by atoms with van der Waals surface area (Å²) in [4.78, 5) is 3.92. The molecule has 2 heteroatoms. The van der Waals surface area contributed by atoms with Crippen molar-refractivity contribution >= 4 is 6.72 Å². The molecule has 0 saturated heterocycles. The van der Waals surface area contributed by atoms with E-state index >= 15 is 0 Å². The zero-order chi connectivity index (χ0) is 9.72. The van der Waals surface area contributed by atoms with Gasteiger partial charge in [-0.1, -0.05) is 20.4 Å². The molecule has 0 aliphatic heterocycles. The fraction of sp³-hybridized carbons (Fsp3) is 0.500. The Labute approximate surface area is 74.7 Å². The van der Waals surface area contributed by atoms with Gasteiger partial charge in [-0.2, -0.15) is 0 Å². The van der Waals surface area contributed by atoms with Gasteiger partial charge >= 0.3 is 0 Å². The minimum atomic E-state index is 0.314. The van der Waals surface area contributed by atoms with Crippen LogP contribution in [0.5, 0.6) is 0 Å². The highest BCUT2D eigenvalue weighted by Crippen LogP contribution is 2.20. The summed E-state index contributed by atoms with van der Waals surface area (Å²) in [5.41, 5.74) is 1.75. The molecular weight excluding hydrogens is 150 g/mol. The molecule has 0 spiro atoms. The van der Waals surface area contributed by atoms with Crippen LogP contribution in [0.15, 0.2) is 28.6 Å². The fourth-order valence-corrected chi connectivity index (χ4v) is 1.01. The molecule has 0 rings (SSSR count). The van der Waals surface area contributed by atoms with Crippen molar-refractivity contribution in [2.24, 2.45) is 10.9 Å². The third-order valence-corrected chi connectivity index (χ3v) is 1.54. The third-order valence-electron chi connectivity index (χ3n) is 1.54. The molecule has 0 radical (unpaired) electrons. The van der Waals surface area contributed by atoms with Crippen LogP contribution in [0.4, 0.5) is 0 Å². The van der Waals surface area contributed by atoms with Crippen molar-refractivity contribution in [3.8, 4) is 0 Å². The lowest BCUT2D eigenvalue weighted by Crippen LogP contribution is -2.00. The predicted molar refractivity (Wildman–Crippen MR) is 53.2 cm³/mol. The second-order valence-electron chi connectivity index (χ2n) is 3.01. The first-order valence-corrected chi connectivity index (χ1v) is 3.95. The molecule has 0 aliphatic rings. The first kappa shape index (κ1) is 11.0. The average molecular weight is 167 g/mol. The van der Waals surface area contributed by atoms with Crippen LogP contribution in [-0.2, 0) is 4.74 Å². The molecule has 0 fully saturated rings. The Morgan fingerprint density at radius 3 is 2.00 bits per heavy atom. The molecule has 0 aromatic heterocycles. The minimum Gasteiger partial charge on any atom is -0.495 e. The van der Waals surface area contributed by atoms with E-state index in [-0.39, 0.29) is 0 Å². The molecule has 0 saturated carbocycles. The predicted octanol–water partition coefficient (Wildman–Crippen LogP) is 2.78. The summed E-state index contributed by atoms with van der Waals surface area (Å²) in [6, 6.07) is 0. The number of hydrogen-bond acceptors (Lipinski definition) is 2. The summed E-state index contributed by atoms with van der Waals surface area (Å²) in [5.74, 6) is 1.06. The van der Waals surface area contributed by atoms with Gasteiger partial charge in [-0.3, -0.25) is 4.99 Å². The number of allylic oxidation sites excluding steroid dienone is 2. The molecular formula is C10H17NO. The fourth-order valence-electron chi connectivity index (χ4n) is 1.01. The van der Waals surface area contributed by atoms with E-state index in [9.17, 15) is 0 Å². The van der Waals surface area contributed by atoms with Crippen LogP contribution in [0.2, 0.25) is 0 Å². The molecule has 0 atom stereocenters. The van der Waals surface area contributed by atoms with Gasteiger partial charge in [-0.25, -0.2) is 0 Å². The van der Waals surface area contributed by atoms with Gasteiger partial charge in [-0.05, 0) is 25.1 Å². The first-order chi connectivity index (χ1) is 5.54. The van der Waals surface area contributed by atoms with E-state index in [1.807, 2.05) is 20.8 Å². The SMILES string of the molecule is C=N/C(=C(/OC)C(=C)C)C(C)C. The molecule has 2 nitrogen and oxygen atoms in total. The molecule has 0 unspecified atom stereocenters. The number of aliphatic imine (C=N–C) groups is 1. The van der Waals surface area contributed by atoms with E-state index in [0.29, 0.717) is 5.92 Å². The van der Waals surface area contributed by atoms with Crippen LogP contribution in [0.1, 0.15) is 20.8 Å². The van der Waals surface area contributed by atoms with E-state index in [1.165, 1.54) is 0 Å². The molecule has 68 valence electrons. The van der Waals surface area contributed by atoms with E-state index in [4.69, 9.17) is 4.74 Å². The lowest BCUT2D eigenvalue weighted by Gasteiger charge is -2.12. The maximum absolute atomic E-state index is 5.17. The van der Waals surface area contributed by atoms with E-state index in [0.717, 1.165) is 17.0 Å². The topological polar surface area (TPSA) is 21.6 Å². The van der Waals surface area contributed by atoms with Gasteiger partial charge in [-0.15, -0.1) is 0 Å². The molecule has 0 aliphatic carbocycles. The highest BCUT2D eigenvalue weighted by Gasteiger charge is 2.09. The van der Waals surface area contributed by atoms with Gasteiger partial charge in [0.05, 0.1) is 12.8 Å².